The van der Waals surface area contributed by atoms with Gasteiger partial charge in [0.15, 0.2) is 0 Å². The molecule has 1 aliphatic rings. The minimum Gasteiger partial charge on any atom is -0.447 e. The summed E-state index contributed by atoms with van der Waals surface area (Å²) in [5, 5.41) is 5.01. The Hall–Kier alpha value is -2.31. The van der Waals surface area contributed by atoms with Crippen LogP contribution in [-0.4, -0.2) is 31.3 Å². The van der Waals surface area contributed by atoms with E-state index in [9.17, 15) is 14.0 Å². The number of carbonyl (C=O) groups is 2. The number of carbonyl (C=O) groups excluding carboxylic acids is 2. The van der Waals surface area contributed by atoms with Crippen LogP contribution >= 0.6 is 0 Å². The SMILES string of the molecule is CC(C)NC(=O)Nc1cc(N2CCOC2=O)ccc1F. The van der Waals surface area contributed by atoms with Gasteiger partial charge in [-0.25, -0.2) is 14.0 Å². The second kappa shape index (κ2) is 5.77. The van der Waals surface area contributed by atoms with Gasteiger partial charge in [0.05, 0.1) is 12.2 Å². The van der Waals surface area contributed by atoms with Crippen LogP contribution in [0.25, 0.3) is 0 Å². The molecule has 1 fully saturated rings. The van der Waals surface area contributed by atoms with Gasteiger partial charge in [0.2, 0.25) is 0 Å². The molecule has 1 heterocycles. The van der Waals surface area contributed by atoms with Gasteiger partial charge in [0.1, 0.15) is 12.4 Å². The van der Waals surface area contributed by atoms with E-state index in [0.29, 0.717) is 18.8 Å². The second-order valence-electron chi connectivity index (χ2n) is 4.68. The summed E-state index contributed by atoms with van der Waals surface area (Å²) in [5.74, 6) is -0.569. The van der Waals surface area contributed by atoms with Crippen LogP contribution in [0.2, 0.25) is 0 Å². The van der Waals surface area contributed by atoms with Crippen molar-refractivity contribution in [1.82, 2.24) is 5.32 Å². The van der Waals surface area contributed by atoms with Crippen LogP contribution in [0, 0.1) is 5.82 Å². The van der Waals surface area contributed by atoms with Crippen LogP contribution in [-0.2, 0) is 4.74 Å². The molecule has 1 saturated heterocycles. The zero-order valence-corrected chi connectivity index (χ0v) is 11.3. The number of rotatable bonds is 3. The summed E-state index contributed by atoms with van der Waals surface area (Å²) < 4.78 is 18.5. The fourth-order valence-electron chi connectivity index (χ4n) is 1.83. The molecule has 0 atom stereocenters. The minimum atomic E-state index is -0.569. The van der Waals surface area contributed by atoms with E-state index in [-0.39, 0.29) is 11.7 Å². The molecule has 3 amide bonds. The number of benzene rings is 1. The number of urea groups is 1. The Kier molecular flexibility index (Phi) is 4.07. The smallest absolute Gasteiger partial charge is 0.414 e. The Labute approximate surface area is 115 Å². The molecule has 108 valence electrons. The van der Waals surface area contributed by atoms with Crippen LogP contribution in [0.15, 0.2) is 18.2 Å². The fraction of sp³-hybridized carbons (Fsp3) is 0.385. The third kappa shape index (κ3) is 3.17. The molecule has 2 rings (SSSR count). The average molecular weight is 281 g/mol. The summed E-state index contributed by atoms with van der Waals surface area (Å²) in [4.78, 5) is 24.4. The number of amides is 3. The highest BCUT2D eigenvalue weighted by Crippen LogP contribution is 2.25. The lowest BCUT2D eigenvalue weighted by atomic mass is 10.2. The van der Waals surface area contributed by atoms with Gasteiger partial charge >= 0.3 is 12.1 Å². The molecule has 7 heteroatoms. The Morgan fingerprint density at radius 3 is 2.80 bits per heavy atom. The van der Waals surface area contributed by atoms with Gasteiger partial charge in [0.25, 0.3) is 0 Å². The number of nitrogens with one attached hydrogen (secondary N) is 2. The first-order valence-electron chi connectivity index (χ1n) is 6.28. The molecule has 0 saturated carbocycles. The van der Waals surface area contributed by atoms with Gasteiger partial charge in [-0.1, -0.05) is 0 Å². The summed E-state index contributed by atoms with van der Waals surface area (Å²) >= 11 is 0. The van der Waals surface area contributed by atoms with Crippen molar-refractivity contribution < 1.29 is 18.7 Å². The number of halogens is 1. The predicted octanol–water partition coefficient (Wildman–Crippen LogP) is 2.31. The molecule has 0 aliphatic carbocycles. The van der Waals surface area contributed by atoms with Crippen molar-refractivity contribution in [3.63, 3.8) is 0 Å². The summed E-state index contributed by atoms with van der Waals surface area (Å²) in [6.07, 6.45) is -0.478. The van der Waals surface area contributed by atoms with Gasteiger partial charge in [-0.15, -0.1) is 0 Å². The number of anilines is 2. The summed E-state index contributed by atoms with van der Waals surface area (Å²) in [6.45, 7) is 4.30. The van der Waals surface area contributed by atoms with Crippen molar-refractivity contribution in [2.45, 2.75) is 19.9 Å². The normalized spacial score (nSPS) is 14.4. The Balaban J connectivity index is 2.16. The van der Waals surface area contributed by atoms with E-state index in [2.05, 4.69) is 10.6 Å². The van der Waals surface area contributed by atoms with Crippen LogP contribution in [0.3, 0.4) is 0 Å². The first-order chi connectivity index (χ1) is 9.47. The molecule has 1 aromatic carbocycles. The number of nitrogens with zero attached hydrogens (tertiary/aromatic N) is 1. The third-order valence-electron chi connectivity index (χ3n) is 2.69. The van der Waals surface area contributed by atoms with Crippen molar-refractivity contribution in [3.8, 4) is 0 Å². The highest BCUT2D eigenvalue weighted by molar-refractivity contribution is 5.93. The van der Waals surface area contributed by atoms with E-state index in [1.807, 2.05) is 0 Å². The Morgan fingerprint density at radius 2 is 2.20 bits per heavy atom. The predicted molar refractivity (Wildman–Crippen MR) is 72.4 cm³/mol. The van der Waals surface area contributed by atoms with E-state index in [1.165, 1.54) is 23.1 Å². The average Bonchev–Trinajstić information content (AvgIpc) is 2.77. The minimum absolute atomic E-state index is 0.0142. The molecular formula is C13H16FN3O3. The molecule has 0 radical (unpaired) electrons. The van der Waals surface area contributed by atoms with Crippen LogP contribution in [0.1, 0.15) is 13.8 Å². The second-order valence-corrected chi connectivity index (χ2v) is 4.68. The summed E-state index contributed by atoms with van der Waals surface area (Å²) in [5.41, 5.74) is 0.495. The topological polar surface area (TPSA) is 70.7 Å². The molecule has 20 heavy (non-hydrogen) atoms. The van der Waals surface area contributed by atoms with Crippen LogP contribution < -0.4 is 15.5 Å². The maximum Gasteiger partial charge on any atom is 0.414 e. The van der Waals surface area contributed by atoms with Gasteiger partial charge in [-0.05, 0) is 32.0 Å². The van der Waals surface area contributed by atoms with Gasteiger partial charge < -0.3 is 15.4 Å². The first kappa shape index (κ1) is 14.1. The quantitative estimate of drug-likeness (QED) is 0.893. The van der Waals surface area contributed by atoms with Crippen LogP contribution in [0.5, 0.6) is 0 Å². The van der Waals surface area contributed by atoms with Gasteiger partial charge in [0, 0.05) is 11.7 Å². The third-order valence-corrected chi connectivity index (χ3v) is 2.69. The van der Waals surface area contributed by atoms with E-state index in [0.717, 1.165) is 0 Å². The fourth-order valence-corrected chi connectivity index (χ4v) is 1.83. The number of cyclic esters (lactones) is 1. The maximum atomic E-state index is 13.7. The van der Waals surface area contributed by atoms with Crippen molar-refractivity contribution in [2.75, 3.05) is 23.4 Å². The van der Waals surface area contributed by atoms with Crippen molar-refractivity contribution >= 4 is 23.5 Å². The first-order valence-corrected chi connectivity index (χ1v) is 6.28. The molecule has 2 N–H and O–H groups in total. The molecule has 6 nitrogen and oxygen atoms in total. The lowest BCUT2D eigenvalue weighted by molar-refractivity contribution is 0.181. The largest absolute Gasteiger partial charge is 0.447 e. The summed E-state index contributed by atoms with van der Waals surface area (Å²) in [7, 11) is 0. The lowest BCUT2D eigenvalue weighted by Gasteiger charge is -2.15. The number of hydrogen-bond acceptors (Lipinski definition) is 3. The van der Waals surface area contributed by atoms with Gasteiger partial charge in [-0.3, -0.25) is 4.90 Å². The Bertz CT molecular complexity index is 534. The van der Waals surface area contributed by atoms with Crippen LogP contribution in [0.4, 0.5) is 25.4 Å². The van der Waals surface area contributed by atoms with Crippen molar-refractivity contribution in [3.05, 3.63) is 24.0 Å². The molecule has 1 aliphatic heterocycles. The van der Waals surface area contributed by atoms with Crippen molar-refractivity contribution in [1.29, 1.82) is 0 Å². The van der Waals surface area contributed by atoms with E-state index < -0.39 is 17.9 Å². The van der Waals surface area contributed by atoms with E-state index in [4.69, 9.17) is 4.74 Å². The van der Waals surface area contributed by atoms with E-state index in [1.54, 1.807) is 13.8 Å². The molecule has 0 unspecified atom stereocenters. The lowest BCUT2D eigenvalue weighted by Crippen LogP contribution is -2.34. The zero-order valence-electron chi connectivity index (χ0n) is 11.3. The maximum absolute atomic E-state index is 13.7. The standard InChI is InChI=1S/C13H16FN3O3/c1-8(2)15-12(18)16-11-7-9(3-4-10(11)14)17-5-6-20-13(17)19/h3-4,7-8H,5-6H2,1-2H3,(H2,15,16,18). The Morgan fingerprint density at radius 1 is 1.45 bits per heavy atom. The number of hydrogen-bond donors (Lipinski definition) is 2. The highest BCUT2D eigenvalue weighted by atomic mass is 19.1. The molecule has 1 aromatic rings. The highest BCUT2D eigenvalue weighted by Gasteiger charge is 2.24. The molecular weight excluding hydrogens is 265 g/mol. The number of ether oxygens (including phenoxy) is 1. The zero-order chi connectivity index (χ0) is 14.7. The van der Waals surface area contributed by atoms with Gasteiger partial charge in [-0.2, -0.15) is 0 Å². The van der Waals surface area contributed by atoms with Crippen molar-refractivity contribution in [2.24, 2.45) is 0 Å². The summed E-state index contributed by atoms with van der Waals surface area (Å²) in [6, 6.07) is 3.51. The van der Waals surface area contributed by atoms with E-state index >= 15 is 0 Å². The molecule has 0 aromatic heterocycles. The molecule has 0 bridgehead atoms. The molecule has 0 spiro atoms. The monoisotopic (exact) mass is 281 g/mol.